The Balaban J connectivity index is 1.81. The second kappa shape index (κ2) is 6.36. The Morgan fingerprint density at radius 1 is 0.688 bits per heavy atom. The molecule has 0 unspecified atom stereocenters. The first-order chi connectivity index (χ1) is 15.3. The molecular weight excluding hydrogens is 386 g/mol. The first-order valence-corrected chi connectivity index (χ1v) is 11.6. The zero-order valence-corrected chi connectivity index (χ0v) is 19.5. The maximum absolute atomic E-state index is 2.49. The lowest BCUT2D eigenvalue weighted by Crippen LogP contribution is -2.16. The summed E-state index contributed by atoms with van der Waals surface area (Å²) in [6.45, 7) is 11.7. The summed E-state index contributed by atoms with van der Waals surface area (Å²) in [5, 5.41) is 4.06. The van der Waals surface area contributed by atoms with Crippen molar-refractivity contribution in [2.75, 3.05) is 0 Å². The first kappa shape index (κ1) is 19.4. The van der Waals surface area contributed by atoms with E-state index < -0.39 is 0 Å². The van der Waals surface area contributed by atoms with E-state index in [9.17, 15) is 0 Å². The van der Waals surface area contributed by atoms with Crippen LogP contribution in [0.5, 0.6) is 0 Å². The van der Waals surface area contributed by atoms with Crippen LogP contribution < -0.4 is 0 Å². The Morgan fingerprint density at radius 2 is 1.41 bits per heavy atom. The van der Waals surface area contributed by atoms with Crippen LogP contribution in [0.4, 0.5) is 0 Å². The van der Waals surface area contributed by atoms with E-state index in [-0.39, 0.29) is 10.8 Å². The van der Waals surface area contributed by atoms with Crippen molar-refractivity contribution in [1.82, 2.24) is 4.57 Å². The molecule has 0 bridgehead atoms. The minimum absolute atomic E-state index is 0.0830. The van der Waals surface area contributed by atoms with Crippen molar-refractivity contribution in [3.05, 3.63) is 102 Å². The van der Waals surface area contributed by atoms with Gasteiger partial charge < -0.3 is 4.57 Å². The lowest BCUT2D eigenvalue weighted by atomic mass is 9.78. The number of hydrogen-bond donors (Lipinski definition) is 0. The molecule has 6 rings (SSSR count). The molecular formula is C31H29N. The van der Waals surface area contributed by atoms with Gasteiger partial charge in [0.1, 0.15) is 0 Å². The third-order valence-electron chi connectivity index (χ3n) is 7.28. The molecule has 158 valence electrons. The molecule has 0 N–H and O–H groups in total. The highest BCUT2D eigenvalue weighted by Crippen LogP contribution is 2.55. The minimum Gasteiger partial charge on any atom is -0.309 e. The van der Waals surface area contributed by atoms with Crippen LogP contribution in [0.3, 0.4) is 0 Å². The van der Waals surface area contributed by atoms with Crippen molar-refractivity contribution in [2.24, 2.45) is 0 Å². The number of hydrogen-bond acceptors (Lipinski definition) is 0. The predicted molar refractivity (Wildman–Crippen MR) is 137 cm³/mol. The topological polar surface area (TPSA) is 4.93 Å². The molecule has 0 amide bonds. The molecule has 32 heavy (non-hydrogen) atoms. The van der Waals surface area contributed by atoms with Crippen LogP contribution in [0, 0.1) is 0 Å². The zero-order valence-electron chi connectivity index (χ0n) is 19.5. The standard InChI is InChI=1S/C31H29N/c1-30(2,3)21-16-18-26-25(19-21)28-29(32(26)22-12-7-6-8-13-22)24-17-15-20-11-9-10-14-23(20)27(24)31(28,4)5/h6-19H,1-5H3. The van der Waals surface area contributed by atoms with Gasteiger partial charge in [-0.1, -0.05) is 95.3 Å². The summed E-state index contributed by atoms with van der Waals surface area (Å²) >= 11 is 0. The smallest absolute Gasteiger partial charge is 0.0585 e. The summed E-state index contributed by atoms with van der Waals surface area (Å²) in [5.41, 5.74) is 9.54. The van der Waals surface area contributed by atoms with E-state index in [1.807, 2.05) is 0 Å². The molecule has 5 aromatic rings. The molecule has 1 aliphatic rings. The quantitative estimate of drug-likeness (QED) is 0.259. The van der Waals surface area contributed by atoms with Crippen LogP contribution in [0.2, 0.25) is 0 Å². The summed E-state index contributed by atoms with van der Waals surface area (Å²) in [6.07, 6.45) is 0. The number of rotatable bonds is 1. The first-order valence-electron chi connectivity index (χ1n) is 11.6. The second-order valence-electron chi connectivity index (χ2n) is 10.7. The van der Waals surface area contributed by atoms with Crippen LogP contribution in [0.15, 0.2) is 84.9 Å². The maximum atomic E-state index is 2.49. The molecule has 1 aromatic heterocycles. The van der Waals surface area contributed by atoms with Crippen molar-refractivity contribution >= 4 is 21.7 Å². The van der Waals surface area contributed by atoms with Gasteiger partial charge in [0.25, 0.3) is 0 Å². The Bertz CT molecular complexity index is 1510. The van der Waals surface area contributed by atoms with Gasteiger partial charge in [-0.25, -0.2) is 0 Å². The average Bonchev–Trinajstić information content (AvgIpc) is 3.24. The summed E-state index contributed by atoms with van der Waals surface area (Å²) < 4.78 is 2.49. The average molecular weight is 416 g/mol. The third-order valence-corrected chi connectivity index (χ3v) is 7.28. The maximum Gasteiger partial charge on any atom is 0.0585 e. The Kier molecular flexibility index (Phi) is 3.85. The van der Waals surface area contributed by atoms with E-state index in [0.717, 1.165) is 0 Å². The largest absolute Gasteiger partial charge is 0.309 e. The Morgan fingerprint density at radius 3 is 2.16 bits per heavy atom. The number of nitrogens with zero attached hydrogens (tertiary/aromatic N) is 1. The highest BCUT2D eigenvalue weighted by atomic mass is 15.0. The van der Waals surface area contributed by atoms with Crippen LogP contribution in [-0.4, -0.2) is 4.57 Å². The van der Waals surface area contributed by atoms with Gasteiger partial charge in [0.15, 0.2) is 0 Å². The van der Waals surface area contributed by atoms with Gasteiger partial charge in [-0.05, 0) is 57.1 Å². The molecule has 1 nitrogen and oxygen atoms in total. The monoisotopic (exact) mass is 415 g/mol. The van der Waals surface area contributed by atoms with Crippen molar-refractivity contribution in [3.8, 4) is 16.9 Å². The fraction of sp³-hybridized carbons (Fsp3) is 0.226. The van der Waals surface area contributed by atoms with Crippen molar-refractivity contribution in [1.29, 1.82) is 0 Å². The van der Waals surface area contributed by atoms with Crippen molar-refractivity contribution < 1.29 is 0 Å². The molecule has 0 saturated carbocycles. The van der Waals surface area contributed by atoms with Crippen LogP contribution >= 0.6 is 0 Å². The lowest BCUT2D eigenvalue weighted by molar-refractivity contribution is 0.591. The van der Waals surface area contributed by atoms with Gasteiger partial charge >= 0.3 is 0 Å². The molecule has 0 atom stereocenters. The number of fused-ring (bicyclic) bond motifs is 7. The molecule has 1 heterocycles. The summed E-state index contributed by atoms with van der Waals surface area (Å²) in [5.74, 6) is 0. The summed E-state index contributed by atoms with van der Waals surface area (Å²) in [6, 6.07) is 31.4. The van der Waals surface area contributed by atoms with Crippen LogP contribution in [-0.2, 0) is 10.8 Å². The van der Waals surface area contributed by atoms with Crippen molar-refractivity contribution in [2.45, 2.75) is 45.4 Å². The van der Waals surface area contributed by atoms with Gasteiger partial charge in [0.05, 0.1) is 11.2 Å². The van der Waals surface area contributed by atoms with Gasteiger partial charge in [0, 0.05) is 22.1 Å². The molecule has 0 spiro atoms. The lowest BCUT2D eigenvalue weighted by Gasteiger charge is -2.24. The highest BCUT2D eigenvalue weighted by Gasteiger charge is 2.41. The van der Waals surface area contributed by atoms with Crippen LogP contribution in [0.1, 0.15) is 51.3 Å². The van der Waals surface area contributed by atoms with E-state index in [2.05, 4.69) is 124 Å². The number of para-hydroxylation sites is 1. The molecule has 1 aliphatic carbocycles. The van der Waals surface area contributed by atoms with E-state index in [4.69, 9.17) is 0 Å². The minimum atomic E-state index is -0.0830. The molecule has 0 fully saturated rings. The number of benzene rings is 4. The number of aromatic nitrogens is 1. The van der Waals surface area contributed by atoms with Crippen LogP contribution in [0.25, 0.3) is 38.6 Å². The molecule has 0 radical (unpaired) electrons. The van der Waals surface area contributed by atoms with E-state index >= 15 is 0 Å². The SMILES string of the molecule is CC(C)(C)c1ccc2c(c1)c1c(n2-c2ccccc2)-c2ccc3ccccc3c2C1(C)C. The normalized spacial score (nSPS) is 14.7. The zero-order chi connectivity index (χ0) is 22.3. The molecule has 0 aliphatic heterocycles. The van der Waals surface area contributed by atoms with Gasteiger partial charge in [-0.2, -0.15) is 0 Å². The second-order valence-corrected chi connectivity index (χ2v) is 10.7. The van der Waals surface area contributed by atoms with Crippen molar-refractivity contribution in [3.63, 3.8) is 0 Å². The molecule has 4 aromatic carbocycles. The fourth-order valence-corrected chi connectivity index (χ4v) is 5.76. The van der Waals surface area contributed by atoms with Gasteiger partial charge in [-0.3, -0.25) is 0 Å². The third kappa shape index (κ3) is 2.51. The Hall–Kier alpha value is -3.32. The summed E-state index contributed by atoms with van der Waals surface area (Å²) in [7, 11) is 0. The highest BCUT2D eigenvalue weighted by molar-refractivity contribution is 6.04. The van der Waals surface area contributed by atoms with E-state index in [1.165, 1.54) is 55.3 Å². The fourth-order valence-electron chi connectivity index (χ4n) is 5.76. The molecule has 0 saturated heterocycles. The predicted octanol–water partition coefficient (Wildman–Crippen LogP) is 8.39. The molecule has 1 heteroatoms. The van der Waals surface area contributed by atoms with Gasteiger partial charge in [0.2, 0.25) is 0 Å². The van der Waals surface area contributed by atoms with E-state index in [1.54, 1.807) is 0 Å². The van der Waals surface area contributed by atoms with Gasteiger partial charge in [-0.15, -0.1) is 0 Å². The summed E-state index contributed by atoms with van der Waals surface area (Å²) in [4.78, 5) is 0. The van der Waals surface area contributed by atoms with E-state index in [0.29, 0.717) is 0 Å². The Labute approximate surface area is 190 Å².